The van der Waals surface area contributed by atoms with Gasteiger partial charge in [0.25, 0.3) is 0 Å². The van der Waals surface area contributed by atoms with Crippen molar-refractivity contribution >= 4 is 20.6 Å². The third kappa shape index (κ3) is 1.14. The molecule has 1 heterocycles. The molecule has 0 saturated carbocycles. The highest BCUT2D eigenvalue weighted by Gasteiger charge is 2.12. The maximum absolute atomic E-state index is 5.26. The second-order valence-electron chi connectivity index (χ2n) is 1.32. The summed E-state index contributed by atoms with van der Waals surface area (Å²) in [5.41, 5.74) is 5.26. The fourth-order valence-corrected chi connectivity index (χ4v) is 0.768. The summed E-state index contributed by atoms with van der Waals surface area (Å²) in [5, 5.41) is 3.53. The van der Waals surface area contributed by atoms with E-state index in [1.807, 2.05) is 0 Å². The lowest BCUT2D eigenvalue weighted by Crippen LogP contribution is -2.17. The molecule has 1 rings (SSSR count). The molecular weight excluding hydrogens is 160 g/mol. The molecule has 1 aliphatic heterocycles. The molecule has 0 unspecified atom stereocenters. The number of nitrogens with two attached hydrogens (primary N) is 1. The summed E-state index contributed by atoms with van der Waals surface area (Å²) in [6.07, 6.45) is 0.467. The van der Waals surface area contributed by atoms with Crippen LogP contribution >= 0.6 is 15.9 Å². The summed E-state index contributed by atoms with van der Waals surface area (Å²) in [6, 6.07) is 0. The molecule has 0 aromatic heterocycles. The van der Waals surface area contributed by atoms with Crippen LogP contribution in [0.2, 0.25) is 0 Å². The first-order valence-electron chi connectivity index (χ1n) is 1.93. The van der Waals surface area contributed by atoms with E-state index in [4.69, 9.17) is 5.73 Å². The molecule has 0 spiro atoms. The van der Waals surface area contributed by atoms with E-state index in [0.717, 1.165) is 4.62 Å². The third-order valence-corrected chi connectivity index (χ3v) is 1.13. The first-order valence-corrected chi connectivity index (χ1v) is 2.72. The summed E-state index contributed by atoms with van der Waals surface area (Å²) in [6.45, 7) is 0. The fraction of sp³-hybridized carbons (Fsp3) is 0.667. The van der Waals surface area contributed by atoms with Gasteiger partial charge in [0.05, 0.1) is 6.42 Å². The number of nitrogens with zero attached hydrogens (tertiary/aromatic N) is 1. The zero-order valence-electron chi connectivity index (χ0n) is 3.60. The lowest BCUT2D eigenvalue weighted by atomic mass is 10.4. The number of hydrogen-bond donors (Lipinski definition) is 1. The van der Waals surface area contributed by atoms with Gasteiger partial charge in [0.15, 0.2) is 6.23 Å². The van der Waals surface area contributed by atoms with E-state index >= 15 is 0 Å². The van der Waals surface area contributed by atoms with E-state index in [1.54, 1.807) is 0 Å². The van der Waals surface area contributed by atoms with Crippen molar-refractivity contribution in [2.75, 3.05) is 0 Å². The Bertz CT molecular complexity index is 103. The van der Waals surface area contributed by atoms with E-state index in [9.17, 15) is 0 Å². The van der Waals surface area contributed by atoms with Crippen LogP contribution in [0.5, 0.6) is 0 Å². The number of hydrogen-bond acceptors (Lipinski definition) is 3. The first-order chi connectivity index (χ1) is 3.29. The van der Waals surface area contributed by atoms with Crippen molar-refractivity contribution in [3.8, 4) is 0 Å². The van der Waals surface area contributed by atoms with E-state index in [0.29, 0.717) is 6.42 Å². The Labute approximate surface area is 49.6 Å². The maximum atomic E-state index is 5.26. The summed E-state index contributed by atoms with van der Waals surface area (Å²) < 4.78 is 0.792. The van der Waals surface area contributed by atoms with Crippen LogP contribution in [0.15, 0.2) is 5.16 Å². The van der Waals surface area contributed by atoms with E-state index in [1.165, 1.54) is 0 Å². The molecule has 4 heteroatoms. The second kappa shape index (κ2) is 1.79. The number of oxime groups is 1. The summed E-state index contributed by atoms with van der Waals surface area (Å²) in [4.78, 5) is 4.58. The quantitative estimate of drug-likeness (QED) is 0.564. The average Bonchev–Trinajstić information content (AvgIpc) is 1.87. The van der Waals surface area contributed by atoms with Gasteiger partial charge in [-0.25, -0.2) is 0 Å². The molecule has 40 valence electrons. The van der Waals surface area contributed by atoms with Crippen molar-refractivity contribution in [1.82, 2.24) is 0 Å². The van der Waals surface area contributed by atoms with Crippen LogP contribution in [0.1, 0.15) is 6.42 Å². The Morgan fingerprint density at radius 1 is 2.00 bits per heavy atom. The lowest BCUT2D eigenvalue weighted by molar-refractivity contribution is 0.0907. The second-order valence-corrected chi connectivity index (χ2v) is 2.23. The summed E-state index contributed by atoms with van der Waals surface area (Å²) >= 11 is 3.12. The largest absolute Gasteiger partial charge is 0.376 e. The lowest BCUT2D eigenvalue weighted by Gasteiger charge is -1.93. The minimum absolute atomic E-state index is 0.227. The number of halogens is 1. The van der Waals surface area contributed by atoms with Crippen molar-refractivity contribution in [3.63, 3.8) is 0 Å². The van der Waals surface area contributed by atoms with Crippen LogP contribution in [0.25, 0.3) is 0 Å². The Morgan fingerprint density at radius 3 is 2.86 bits per heavy atom. The van der Waals surface area contributed by atoms with E-state index in [-0.39, 0.29) is 6.23 Å². The minimum atomic E-state index is -0.227. The topological polar surface area (TPSA) is 47.6 Å². The van der Waals surface area contributed by atoms with Crippen LogP contribution < -0.4 is 5.73 Å². The third-order valence-electron chi connectivity index (χ3n) is 0.657. The van der Waals surface area contributed by atoms with Gasteiger partial charge >= 0.3 is 0 Å². The van der Waals surface area contributed by atoms with Crippen molar-refractivity contribution in [2.24, 2.45) is 10.9 Å². The minimum Gasteiger partial charge on any atom is -0.376 e. The van der Waals surface area contributed by atoms with Crippen LogP contribution in [-0.4, -0.2) is 10.8 Å². The highest BCUT2D eigenvalue weighted by atomic mass is 79.9. The van der Waals surface area contributed by atoms with E-state index in [2.05, 4.69) is 25.9 Å². The van der Waals surface area contributed by atoms with Crippen LogP contribution in [0, 0.1) is 0 Å². The van der Waals surface area contributed by atoms with Gasteiger partial charge in [0.2, 0.25) is 0 Å². The Kier molecular flexibility index (Phi) is 1.30. The number of rotatable bonds is 0. The zero-order valence-corrected chi connectivity index (χ0v) is 5.18. The van der Waals surface area contributed by atoms with Crippen molar-refractivity contribution < 1.29 is 4.84 Å². The van der Waals surface area contributed by atoms with Gasteiger partial charge < -0.3 is 4.84 Å². The molecule has 1 aliphatic rings. The SMILES string of the molecule is N[C@@H]1CC(Br)=NO1. The molecule has 0 radical (unpaired) electrons. The van der Waals surface area contributed by atoms with Gasteiger partial charge in [-0.2, -0.15) is 0 Å². The molecule has 0 aromatic rings. The molecule has 0 fully saturated rings. The Morgan fingerprint density at radius 2 is 2.71 bits per heavy atom. The fourth-order valence-electron chi connectivity index (χ4n) is 0.365. The molecule has 0 saturated heterocycles. The molecule has 0 aromatic carbocycles. The highest BCUT2D eigenvalue weighted by molar-refractivity contribution is 9.18. The molecule has 2 N–H and O–H groups in total. The normalized spacial score (nSPS) is 29.4. The van der Waals surface area contributed by atoms with Gasteiger partial charge in [-0.05, 0) is 15.9 Å². The van der Waals surface area contributed by atoms with Crippen molar-refractivity contribution in [1.29, 1.82) is 0 Å². The maximum Gasteiger partial charge on any atom is 0.182 e. The predicted molar refractivity (Wildman–Crippen MR) is 30.0 cm³/mol. The van der Waals surface area contributed by atoms with Gasteiger partial charge in [-0.1, -0.05) is 5.16 Å². The summed E-state index contributed by atoms with van der Waals surface area (Å²) in [7, 11) is 0. The van der Waals surface area contributed by atoms with Gasteiger partial charge in [0.1, 0.15) is 4.62 Å². The smallest absolute Gasteiger partial charge is 0.182 e. The first kappa shape index (κ1) is 5.05. The summed E-state index contributed by atoms with van der Waals surface area (Å²) in [5.74, 6) is 0. The zero-order chi connectivity index (χ0) is 5.28. The highest BCUT2D eigenvalue weighted by Crippen LogP contribution is 2.08. The van der Waals surface area contributed by atoms with Crippen LogP contribution in [0.4, 0.5) is 0 Å². The van der Waals surface area contributed by atoms with Gasteiger partial charge in [-0.3, -0.25) is 5.73 Å². The molecule has 7 heavy (non-hydrogen) atoms. The van der Waals surface area contributed by atoms with Crippen molar-refractivity contribution in [2.45, 2.75) is 12.6 Å². The molecule has 1 atom stereocenters. The molecular formula is C3H5BrN2O. The Hall–Kier alpha value is -0.0900. The molecule has 0 bridgehead atoms. The molecule has 3 nitrogen and oxygen atoms in total. The van der Waals surface area contributed by atoms with Crippen molar-refractivity contribution in [3.05, 3.63) is 0 Å². The monoisotopic (exact) mass is 164 g/mol. The Balaban J connectivity index is 2.42. The van der Waals surface area contributed by atoms with Crippen LogP contribution in [-0.2, 0) is 4.84 Å². The predicted octanol–water partition coefficient (Wildman–Crippen LogP) is 0.400. The van der Waals surface area contributed by atoms with Gasteiger partial charge in [-0.15, -0.1) is 0 Å². The average molecular weight is 165 g/mol. The van der Waals surface area contributed by atoms with Gasteiger partial charge in [0, 0.05) is 0 Å². The van der Waals surface area contributed by atoms with E-state index < -0.39 is 0 Å². The van der Waals surface area contributed by atoms with Crippen LogP contribution in [0.3, 0.4) is 0 Å². The molecule has 0 aliphatic carbocycles. The molecule has 0 amide bonds. The standard InChI is InChI=1S/C3H5BrN2O/c4-2-1-3(5)7-6-2/h3H,1,5H2/t3-/m0/s1.